The second-order valence-corrected chi connectivity index (χ2v) is 13.3. The van der Waals surface area contributed by atoms with Gasteiger partial charge in [-0.15, -0.1) is 11.3 Å². The molecule has 3 aromatic heterocycles. The zero-order valence-corrected chi connectivity index (χ0v) is 28.2. The number of fused-ring (bicyclic) bond motifs is 2. The van der Waals surface area contributed by atoms with Crippen LogP contribution in [0.2, 0.25) is 0 Å². The van der Waals surface area contributed by atoms with Crippen LogP contribution in [0.4, 0.5) is 5.82 Å². The van der Waals surface area contributed by atoms with Crippen LogP contribution < -0.4 is 15.0 Å². The van der Waals surface area contributed by atoms with Crippen molar-refractivity contribution in [3.63, 3.8) is 0 Å². The quantitative estimate of drug-likeness (QED) is 0.137. The van der Waals surface area contributed by atoms with E-state index in [0.717, 1.165) is 50.7 Å². The van der Waals surface area contributed by atoms with Gasteiger partial charge in [-0.1, -0.05) is 12.1 Å². The summed E-state index contributed by atoms with van der Waals surface area (Å²) in [6.07, 6.45) is 6.16. The molecule has 7 rings (SSSR count). The molecule has 1 atom stereocenters. The van der Waals surface area contributed by atoms with Gasteiger partial charge in [0.05, 0.1) is 39.7 Å². The van der Waals surface area contributed by atoms with E-state index in [1.54, 1.807) is 29.5 Å². The molecule has 1 unspecified atom stereocenters. The molecule has 0 spiro atoms. The standard InChI is InChI=1S/C37H36N6O5S/c1-42(2)32-14-10-24(20-39-32)28-13-9-25(21-38-28)35-41-29-12-8-23(19-31(29)49-35)5-4-16-47-17-18-48-30-7-3-6-27-34(30)37(46)43(36(27)45)26-11-15-33(44)40-22-26/h3,6-10,12-14,19-21,26H,4-5,11,15-18,22H2,1-2H3,(H,40,44). The highest BCUT2D eigenvalue weighted by atomic mass is 32.1. The van der Waals surface area contributed by atoms with Gasteiger partial charge >= 0.3 is 0 Å². The Kier molecular flexibility index (Phi) is 9.32. The molecule has 2 aliphatic rings. The van der Waals surface area contributed by atoms with Gasteiger partial charge in [0.1, 0.15) is 23.2 Å². The van der Waals surface area contributed by atoms with Gasteiger partial charge in [-0.05, 0) is 73.4 Å². The van der Waals surface area contributed by atoms with E-state index >= 15 is 0 Å². The van der Waals surface area contributed by atoms with E-state index in [9.17, 15) is 14.4 Å². The lowest BCUT2D eigenvalue weighted by atomic mass is 10.1. The number of nitrogens with one attached hydrogen (secondary N) is 1. The predicted octanol–water partition coefficient (Wildman–Crippen LogP) is 5.39. The van der Waals surface area contributed by atoms with Gasteiger partial charge in [0.15, 0.2) is 0 Å². The van der Waals surface area contributed by atoms with Crippen molar-refractivity contribution >= 4 is 45.1 Å². The number of hydrogen-bond donors (Lipinski definition) is 1. The Hall–Kier alpha value is -5.20. The number of amides is 3. The van der Waals surface area contributed by atoms with Crippen molar-refractivity contribution in [2.24, 2.45) is 0 Å². The Morgan fingerprint density at radius 3 is 2.55 bits per heavy atom. The van der Waals surface area contributed by atoms with E-state index in [0.29, 0.717) is 37.4 Å². The third-order valence-corrected chi connectivity index (χ3v) is 9.78. The fourth-order valence-electron chi connectivity index (χ4n) is 6.10. The Bertz CT molecular complexity index is 2000. The lowest BCUT2D eigenvalue weighted by Crippen LogP contribution is -2.50. The number of pyridine rings is 2. The molecule has 5 heterocycles. The molecular weight excluding hydrogens is 641 g/mol. The van der Waals surface area contributed by atoms with Crippen LogP contribution in [0, 0.1) is 0 Å². The second kappa shape index (κ2) is 14.1. The second-order valence-electron chi connectivity index (χ2n) is 12.3. The van der Waals surface area contributed by atoms with Crippen LogP contribution in [0.1, 0.15) is 45.5 Å². The van der Waals surface area contributed by atoms with E-state index in [-0.39, 0.29) is 42.5 Å². The minimum Gasteiger partial charge on any atom is -0.490 e. The van der Waals surface area contributed by atoms with E-state index in [1.807, 2.05) is 49.6 Å². The van der Waals surface area contributed by atoms with Crippen LogP contribution in [-0.4, -0.2) is 84.1 Å². The van der Waals surface area contributed by atoms with E-state index in [2.05, 4.69) is 39.6 Å². The Morgan fingerprint density at radius 1 is 0.939 bits per heavy atom. The maximum Gasteiger partial charge on any atom is 0.265 e. The van der Waals surface area contributed by atoms with Gasteiger partial charge < -0.3 is 19.7 Å². The number of ether oxygens (including phenoxy) is 2. The summed E-state index contributed by atoms with van der Waals surface area (Å²) in [6.45, 7) is 1.44. The fraction of sp³-hybridized carbons (Fsp3) is 0.297. The molecule has 49 heavy (non-hydrogen) atoms. The molecular formula is C37H36N6O5S. The number of rotatable bonds is 12. The van der Waals surface area contributed by atoms with E-state index < -0.39 is 0 Å². The fourth-order valence-corrected chi connectivity index (χ4v) is 7.12. The number of hydrogen-bond acceptors (Lipinski definition) is 10. The number of piperidine rings is 1. The number of thiazole rings is 1. The van der Waals surface area contributed by atoms with Crippen LogP contribution in [0.15, 0.2) is 73.1 Å². The van der Waals surface area contributed by atoms with Crippen LogP contribution in [0.5, 0.6) is 5.75 Å². The monoisotopic (exact) mass is 676 g/mol. The van der Waals surface area contributed by atoms with Crippen molar-refractivity contribution in [2.75, 3.05) is 45.4 Å². The molecule has 1 fully saturated rings. The van der Waals surface area contributed by atoms with Crippen molar-refractivity contribution in [3.8, 4) is 27.6 Å². The number of benzene rings is 2. The highest BCUT2D eigenvalue weighted by Gasteiger charge is 2.42. The minimum absolute atomic E-state index is 0.0657. The number of nitrogens with zero attached hydrogens (tertiary/aromatic N) is 5. The van der Waals surface area contributed by atoms with E-state index in [1.165, 1.54) is 10.5 Å². The first-order valence-electron chi connectivity index (χ1n) is 16.3. The molecule has 0 radical (unpaired) electrons. The average molecular weight is 677 g/mol. The molecule has 11 nitrogen and oxygen atoms in total. The third-order valence-electron chi connectivity index (χ3n) is 8.72. The van der Waals surface area contributed by atoms with Gasteiger partial charge in [-0.25, -0.2) is 9.97 Å². The number of anilines is 1. The van der Waals surface area contributed by atoms with Crippen molar-refractivity contribution < 1.29 is 23.9 Å². The minimum atomic E-state index is -0.378. The van der Waals surface area contributed by atoms with Gasteiger partial charge in [0, 0.05) is 57.2 Å². The first kappa shape index (κ1) is 32.4. The summed E-state index contributed by atoms with van der Waals surface area (Å²) in [7, 11) is 3.93. The molecule has 0 aliphatic carbocycles. The molecule has 0 saturated carbocycles. The Labute approximate surface area is 287 Å². The zero-order chi connectivity index (χ0) is 33.9. The van der Waals surface area contributed by atoms with Crippen LogP contribution in [-0.2, 0) is 16.0 Å². The Balaban J connectivity index is 0.879. The largest absolute Gasteiger partial charge is 0.490 e. The van der Waals surface area contributed by atoms with Gasteiger partial charge in [0.25, 0.3) is 11.8 Å². The molecule has 250 valence electrons. The summed E-state index contributed by atoms with van der Waals surface area (Å²) in [4.78, 5) is 55.0. The summed E-state index contributed by atoms with van der Waals surface area (Å²) >= 11 is 1.65. The Morgan fingerprint density at radius 2 is 1.80 bits per heavy atom. The average Bonchev–Trinajstić information content (AvgIpc) is 3.66. The molecule has 3 amide bonds. The third kappa shape index (κ3) is 6.87. The molecule has 12 heteroatoms. The summed E-state index contributed by atoms with van der Waals surface area (Å²) in [6, 6.07) is 19.1. The molecule has 2 aliphatic heterocycles. The number of carbonyl (C=O) groups excluding carboxylic acids is 3. The van der Waals surface area contributed by atoms with Crippen molar-refractivity contribution in [1.82, 2.24) is 25.2 Å². The summed E-state index contributed by atoms with van der Waals surface area (Å²) < 4.78 is 12.9. The van der Waals surface area contributed by atoms with Crippen LogP contribution in [0.3, 0.4) is 0 Å². The topological polar surface area (TPSA) is 127 Å². The molecule has 5 aromatic rings. The lowest BCUT2D eigenvalue weighted by Gasteiger charge is -2.29. The number of aromatic nitrogens is 3. The van der Waals surface area contributed by atoms with Crippen molar-refractivity contribution in [2.45, 2.75) is 31.7 Å². The summed E-state index contributed by atoms with van der Waals surface area (Å²) in [5.41, 5.74) is 5.61. The maximum absolute atomic E-state index is 13.2. The highest BCUT2D eigenvalue weighted by Crippen LogP contribution is 2.34. The van der Waals surface area contributed by atoms with Crippen LogP contribution in [0.25, 0.3) is 32.0 Å². The smallest absolute Gasteiger partial charge is 0.265 e. The molecule has 1 N–H and O–H groups in total. The number of carbonyl (C=O) groups is 3. The zero-order valence-electron chi connectivity index (χ0n) is 27.3. The normalized spacial score (nSPS) is 15.8. The molecule has 0 bridgehead atoms. The molecule has 1 saturated heterocycles. The summed E-state index contributed by atoms with van der Waals surface area (Å²) in [5, 5.41) is 3.68. The van der Waals surface area contributed by atoms with Gasteiger partial charge in [0.2, 0.25) is 5.91 Å². The maximum atomic E-state index is 13.2. The lowest BCUT2D eigenvalue weighted by molar-refractivity contribution is -0.123. The number of aryl methyl sites for hydroxylation is 1. The summed E-state index contributed by atoms with van der Waals surface area (Å²) in [5.74, 6) is 0.487. The first-order valence-corrected chi connectivity index (χ1v) is 17.1. The van der Waals surface area contributed by atoms with Gasteiger partial charge in [-0.3, -0.25) is 24.3 Å². The first-order chi connectivity index (χ1) is 23.9. The highest BCUT2D eigenvalue weighted by molar-refractivity contribution is 7.21. The van der Waals surface area contributed by atoms with Gasteiger partial charge in [-0.2, -0.15) is 0 Å². The van der Waals surface area contributed by atoms with Crippen LogP contribution >= 0.6 is 11.3 Å². The van der Waals surface area contributed by atoms with Crippen molar-refractivity contribution in [1.29, 1.82) is 0 Å². The number of imide groups is 1. The molecule has 2 aromatic carbocycles. The SMILES string of the molecule is CN(C)c1ccc(-c2ccc(-c3nc4ccc(CCCOCCOc5cccc6c5C(=O)N(C5CCC(=O)NC5)C6=O)cc4s3)cn2)cn1. The van der Waals surface area contributed by atoms with Crippen molar-refractivity contribution in [3.05, 3.63) is 89.7 Å². The predicted molar refractivity (Wildman–Crippen MR) is 188 cm³/mol. The van der Waals surface area contributed by atoms with E-state index in [4.69, 9.17) is 14.5 Å².